The topological polar surface area (TPSA) is 0 Å². The Kier molecular flexibility index (Phi) is 4.19. The zero-order chi connectivity index (χ0) is 13.0. The highest BCUT2D eigenvalue weighted by Crippen LogP contribution is 2.35. The number of hydrogen-bond donors (Lipinski definition) is 0. The highest BCUT2D eigenvalue weighted by atomic mass is 14.2. The predicted molar refractivity (Wildman–Crippen MR) is 79.1 cm³/mol. The average Bonchev–Trinajstić information content (AvgIpc) is 2.42. The predicted octanol–water partition coefficient (Wildman–Crippen LogP) is 5.29. The lowest BCUT2D eigenvalue weighted by Crippen LogP contribution is -2.07. The minimum absolute atomic E-state index is 0.568. The van der Waals surface area contributed by atoms with Gasteiger partial charge < -0.3 is 0 Å². The minimum Gasteiger partial charge on any atom is -0.0648 e. The maximum atomic E-state index is 2.34. The van der Waals surface area contributed by atoms with Gasteiger partial charge in [0.1, 0.15) is 0 Å². The Morgan fingerprint density at radius 3 is 2.00 bits per heavy atom. The third-order valence-corrected chi connectivity index (χ3v) is 3.87. The van der Waals surface area contributed by atoms with Crippen LogP contribution in [0.2, 0.25) is 0 Å². The number of benzene rings is 2. The Morgan fingerprint density at radius 2 is 1.44 bits per heavy atom. The molecule has 0 nitrogen and oxygen atoms in total. The highest BCUT2D eigenvalue weighted by Gasteiger charge is 2.18. The molecule has 0 aromatic heterocycles. The van der Waals surface area contributed by atoms with Gasteiger partial charge in [-0.3, -0.25) is 0 Å². The summed E-state index contributed by atoms with van der Waals surface area (Å²) in [6, 6.07) is 19.8. The van der Waals surface area contributed by atoms with E-state index in [9.17, 15) is 0 Å². The summed E-state index contributed by atoms with van der Waals surface area (Å²) in [5.41, 5.74) is 4.23. The molecular formula is C18H22. The van der Waals surface area contributed by atoms with Gasteiger partial charge in [-0.25, -0.2) is 0 Å². The van der Waals surface area contributed by atoms with Crippen molar-refractivity contribution in [1.82, 2.24) is 0 Å². The van der Waals surface area contributed by atoms with Crippen LogP contribution < -0.4 is 0 Å². The largest absolute Gasteiger partial charge is 0.0648 e. The van der Waals surface area contributed by atoms with Crippen molar-refractivity contribution >= 4 is 0 Å². The maximum Gasteiger partial charge on any atom is -0.00984 e. The summed E-state index contributed by atoms with van der Waals surface area (Å²) in [5.74, 6) is 1.17. The summed E-state index contributed by atoms with van der Waals surface area (Å²) < 4.78 is 0. The second-order valence-corrected chi connectivity index (χ2v) is 5.12. The van der Waals surface area contributed by atoms with Gasteiger partial charge in [-0.05, 0) is 36.3 Å². The molecule has 0 spiro atoms. The van der Waals surface area contributed by atoms with E-state index in [0.29, 0.717) is 11.8 Å². The molecule has 0 N–H and O–H groups in total. The van der Waals surface area contributed by atoms with Gasteiger partial charge in [-0.2, -0.15) is 0 Å². The molecule has 2 rings (SSSR count). The fourth-order valence-electron chi connectivity index (χ4n) is 2.68. The fraction of sp³-hybridized carbons (Fsp3) is 0.333. The molecule has 18 heavy (non-hydrogen) atoms. The molecule has 2 aromatic carbocycles. The van der Waals surface area contributed by atoms with Crippen LogP contribution >= 0.6 is 0 Å². The molecule has 0 heteroatoms. The van der Waals surface area contributed by atoms with E-state index in [1.807, 2.05) is 0 Å². The molecule has 0 bridgehead atoms. The zero-order valence-electron chi connectivity index (χ0n) is 11.6. The zero-order valence-corrected chi connectivity index (χ0v) is 11.6. The van der Waals surface area contributed by atoms with Crippen molar-refractivity contribution in [1.29, 1.82) is 0 Å². The average molecular weight is 238 g/mol. The first-order valence-corrected chi connectivity index (χ1v) is 6.84. The molecule has 0 aliphatic carbocycles. The van der Waals surface area contributed by atoms with E-state index in [-0.39, 0.29) is 0 Å². The molecule has 2 aromatic rings. The lowest BCUT2D eigenvalue weighted by Gasteiger charge is -2.24. The minimum atomic E-state index is 0.568. The van der Waals surface area contributed by atoms with E-state index >= 15 is 0 Å². The Morgan fingerprint density at radius 1 is 0.833 bits per heavy atom. The molecule has 0 saturated carbocycles. The Labute approximate surface area is 111 Å². The normalized spacial score (nSPS) is 14.2. The Hall–Kier alpha value is -1.56. The third kappa shape index (κ3) is 2.81. The lowest BCUT2D eigenvalue weighted by atomic mass is 9.81. The van der Waals surface area contributed by atoms with Crippen molar-refractivity contribution in [3.8, 4) is 0 Å². The van der Waals surface area contributed by atoms with Gasteiger partial charge in [0.2, 0.25) is 0 Å². The molecule has 0 heterocycles. The van der Waals surface area contributed by atoms with Crippen molar-refractivity contribution in [3.63, 3.8) is 0 Å². The highest BCUT2D eigenvalue weighted by molar-refractivity contribution is 5.29. The molecule has 2 unspecified atom stereocenters. The summed E-state index contributed by atoms with van der Waals surface area (Å²) >= 11 is 0. The van der Waals surface area contributed by atoms with E-state index in [4.69, 9.17) is 0 Å². The van der Waals surface area contributed by atoms with Crippen LogP contribution in [0.15, 0.2) is 54.6 Å². The first-order valence-electron chi connectivity index (χ1n) is 6.84. The van der Waals surface area contributed by atoms with E-state index in [1.165, 1.54) is 23.1 Å². The maximum absolute atomic E-state index is 2.34. The molecular weight excluding hydrogens is 216 g/mol. The van der Waals surface area contributed by atoms with Crippen molar-refractivity contribution in [2.24, 2.45) is 0 Å². The number of aryl methyl sites for hydroxylation is 1. The standard InChI is InChI=1S/C18H22/c1-4-18(17-12-10-14(2)11-13-17)15(3)16-8-6-5-7-9-16/h5-13,15,18H,4H2,1-3H3. The van der Waals surface area contributed by atoms with Crippen molar-refractivity contribution < 1.29 is 0 Å². The van der Waals surface area contributed by atoms with Gasteiger partial charge in [0.15, 0.2) is 0 Å². The molecule has 0 aliphatic heterocycles. The molecule has 94 valence electrons. The second kappa shape index (κ2) is 5.86. The summed E-state index contributed by atoms with van der Waals surface area (Å²) in [7, 11) is 0. The van der Waals surface area contributed by atoms with E-state index < -0.39 is 0 Å². The molecule has 0 amide bonds. The van der Waals surface area contributed by atoms with Gasteiger partial charge in [-0.1, -0.05) is 74.0 Å². The molecule has 0 radical (unpaired) electrons. The smallest absolute Gasteiger partial charge is 0.00984 e. The van der Waals surface area contributed by atoms with Gasteiger partial charge in [0.05, 0.1) is 0 Å². The fourth-order valence-corrected chi connectivity index (χ4v) is 2.68. The van der Waals surface area contributed by atoms with Crippen LogP contribution in [0.4, 0.5) is 0 Å². The first kappa shape index (κ1) is 12.9. The molecule has 0 saturated heterocycles. The van der Waals surface area contributed by atoms with E-state index in [2.05, 4.69) is 75.4 Å². The van der Waals surface area contributed by atoms with Crippen molar-refractivity contribution in [2.75, 3.05) is 0 Å². The van der Waals surface area contributed by atoms with Gasteiger partial charge >= 0.3 is 0 Å². The summed E-state index contributed by atoms with van der Waals surface area (Å²) in [6.45, 7) is 6.76. The van der Waals surface area contributed by atoms with Crippen LogP contribution in [0.5, 0.6) is 0 Å². The van der Waals surface area contributed by atoms with Gasteiger partial charge in [0.25, 0.3) is 0 Å². The summed E-state index contributed by atoms with van der Waals surface area (Å²) in [4.78, 5) is 0. The van der Waals surface area contributed by atoms with Crippen LogP contribution in [0.25, 0.3) is 0 Å². The van der Waals surface area contributed by atoms with Gasteiger partial charge in [-0.15, -0.1) is 0 Å². The van der Waals surface area contributed by atoms with E-state index in [1.54, 1.807) is 0 Å². The SMILES string of the molecule is CCC(c1ccc(C)cc1)C(C)c1ccccc1. The van der Waals surface area contributed by atoms with Crippen molar-refractivity contribution in [2.45, 2.75) is 39.0 Å². The Bertz CT molecular complexity index is 467. The van der Waals surface area contributed by atoms with Crippen LogP contribution in [-0.4, -0.2) is 0 Å². The van der Waals surface area contributed by atoms with Crippen LogP contribution in [0, 0.1) is 6.92 Å². The second-order valence-electron chi connectivity index (χ2n) is 5.12. The Balaban J connectivity index is 2.26. The van der Waals surface area contributed by atoms with Crippen LogP contribution in [0.1, 0.15) is 48.8 Å². The molecule has 2 atom stereocenters. The third-order valence-electron chi connectivity index (χ3n) is 3.87. The van der Waals surface area contributed by atoms with Gasteiger partial charge in [0, 0.05) is 0 Å². The van der Waals surface area contributed by atoms with E-state index in [0.717, 1.165) is 0 Å². The quantitative estimate of drug-likeness (QED) is 0.678. The summed E-state index contributed by atoms with van der Waals surface area (Å²) in [6.07, 6.45) is 1.18. The lowest BCUT2D eigenvalue weighted by molar-refractivity contribution is 0.559. The molecule has 0 fully saturated rings. The van der Waals surface area contributed by atoms with Crippen LogP contribution in [-0.2, 0) is 0 Å². The summed E-state index contributed by atoms with van der Waals surface area (Å²) in [5, 5.41) is 0. The molecule has 0 aliphatic rings. The van der Waals surface area contributed by atoms with Crippen molar-refractivity contribution in [3.05, 3.63) is 71.3 Å². The number of rotatable bonds is 4. The monoisotopic (exact) mass is 238 g/mol. The first-order chi connectivity index (χ1) is 8.72. The number of hydrogen-bond acceptors (Lipinski definition) is 0. The van der Waals surface area contributed by atoms with Crippen LogP contribution in [0.3, 0.4) is 0 Å².